The van der Waals surface area contributed by atoms with Gasteiger partial charge in [-0.05, 0) is 36.8 Å². The van der Waals surface area contributed by atoms with Crippen LogP contribution in [0.2, 0.25) is 0 Å². The predicted octanol–water partition coefficient (Wildman–Crippen LogP) is 4.43. The summed E-state index contributed by atoms with van der Waals surface area (Å²) in [6.07, 6.45) is 2.31. The Kier molecular flexibility index (Phi) is 8.11. The van der Waals surface area contributed by atoms with Crippen molar-refractivity contribution in [1.82, 2.24) is 5.32 Å². The van der Waals surface area contributed by atoms with Gasteiger partial charge in [0.25, 0.3) is 0 Å². The second-order valence-electron chi connectivity index (χ2n) is 7.47. The van der Waals surface area contributed by atoms with Gasteiger partial charge in [0.15, 0.2) is 11.6 Å². The summed E-state index contributed by atoms with van der Waals surface area (Å²) in [6, 6.07) is 0.676. The fraction of sp³-hybridized carbons (Fsp3) is 0.579. The molecule has 0 bridgehead atoms. The molecule has 4 nitrogen and oxygen atoms in total. The van der Waals surface area contributed by atoms with Crippen LogP contribution >= 0.6 is 0 Å². The van der Waals surface area contributed by atoms with Crippen LogP contribution in [0.3, 0.4) is 0 Å². The third-order valence-corrected chi connectivity index (χ3v) is 3.75. The summed E-state index contributed by atoms with van der Waals surface area (Å²) in [6.45, 7) is 8.15. The molecule has 0 radical (unpaired) electrons. The summed E-state index contributed by atoms with van der Waals surface area (Å²) in [5.74, 6) is -6.44. The van der Waals surface area contributed by atoms with Crippen molar-refractivity contribution >= 4 is 11.9 Å². The molecule has 1 aromatic rings. The van der Waals surface area contributed by atoms with Crippen molar-refractivity contribution in [1.29, 1.82) is 0 Å². The molecule has 0 aliphatic rings. The second kappa shape index (κ2) is 9.59. The summed E-state index contributed by atoms with van der Waals surface area (Å²) in [5.41, 5.74) is 0.0628. The third kappa shape index (κ3) is 7.45. The van der Waals surface area contributed by atoms with Crippen LogP contribution in [-0.4, -0.2) is 18.4 Å². The van der Waals surface area contributed by atoms with E-state index < -0.39 is 29.2 Å². The molecule has 26 heavy (non-hydrogen) atoms. The fourth-order valence-corrected chi connectivity index (χ4v) is 2.27. The molecule has 1 rings (SSSR count). The number of carbonyl (C=O) groups excluding carboxylic acids is 2. The van der Waals surface area contributed by atoms with Crippen LogP contribution in [0.1, 0.15) is 58.4 Å². The van der Waals surface area contributed by atoms with Gasteiger partial charge in [-0.3, -0.25) is 9.59 Å². The van der Waals surface area contributed by atoms with E-state index in [9.17, 15) is 22.8 Å². The average Bonchev–Trinajstić information content (AvgIpc) is 2.53. The van der Waals surface area contributed by atoms with E-state index in [4.69, 9.17) is 0 Å². The summed E-state index contributed by atoms with van der Waals surface area (Å²) in [5, 5.41) is 2.67. The maximum atomic E-state index is 13.8. The molecule has 0 unspecified atom stereocenters. The molecule has 146 valence electrons. The van der Waals surface area contributed by atoms with Crippen LogP contribution in [0.25, 0.3) is 0 Å². The topological polar surface area (TPSA) is 55.4 Å². The van der Waals surface area contributed by atoms with Gasteiger partial charge in [-0.15, -0.1) is 0 Å². The number of nitrogens with one attached hydrogen (secondary N) is 1. The van der Waals surface area contributed by atoms with E-state index in [1.165, 1.54) is 6.92 Å². The quantitative estimate of drug-likeness (QED) is 0.317. The zero-order chi connectivity index (χ0) is 19.9. The van der Waals surface area contributed by atoms with Gasteiger partial charge in [0.1, 0.15) is 0 Å². The van der Waals surface area contributed by atoms with E-state index in [1.807, 2.05) is 0 Å². The maximum Gasteiger partial charge on any atom is 0.311 e. The summed E-state index contributed by atoms with van der Waals surface area (Å²) >= 11 is 0. The first-order valence-corrected chi connectivity index (χ1v) is 8.63. The van der Waals surface area contributed by atoms with Gasteiger partial charge in [0.05, 0.1) is 6.42 Å². The molecule has 0 aliphatic heterocycles. The van der Waals surface area contributed by atoms with E-state index in [2.05, 4.69) is 30.8 Å². The van der Waals surface area contributed by atoms with Crippen molar-refractivity contribution in [3.8, 4) is 5.75 Å². The highest BCUT2D eigenvalue weighted by Gasteiger charge is 2.21. The highest BCUT2D eigenvalue weighted by molar-refractivity contribution is 5.82. The van der Waals surface area contributed by atoms with Crippen LogP contribution in [0.4, 0.5) is 13.2 Å². The highest BCUT2D eigenvalue weighted by Crippen LogP contribution is 2.27. The van der Waals surface area contributed by atoms with Gasteiger partial charge in [-0.1, -0.05) is 27.2 Å². The number of ether oxygens (including phenoxy) is 1. The van der Waals surface area contributed by atoms with E-state index in [0.717, 1.165) is 19.3 Å². The molecule has 0 saturated carbocycles. The molecular formula is C19H26F3NO3. The van der Waals surface area contributed by atoms with E-state index in [1.54, 1.807) is 0 Å². The first-order chi connectivity index (χ1) is 12.0. The zero-order valence-corrected chi connectivity index (χ0v) is 15.7. The number of hydrogen-bond donors (Lipinski definition) is 1. The zero-order valence-electron chi connectivity index (χ0n) is 15.7. The lowest BCUT2D eigenvalue weighted by molar-refractivity contribution is -0.136. The number of carbonyl (C=O) groups is 2. The Morgan fingerprint density at radius 2 is 1.73 bits per heavy atom. The summed E-state index contributed by atoms with van der Waals surface area (Å²) in [4.78, 5) is 23.3. The molecule has 7 heteroatoms. The first kappa shape index (κ1) is 22.0. The Morgan fingerprint density at radius 1 is 1.08 bits per heavy atom. The van der Waals surface area contributed by atoms with Gasteiger partial charge in [-0.2, -0.15) is 4.39 Å². The van der Waals surface area contributed by atoms with Gasteiger partial charge in [-0.25, -0.2) is 8.78 Å². The van der Waals surface area contributed by atoms with Gasteiger partial charge >= 0.3 is 5.97 Å². The number of unbranched alkanes of at least 4 members (excludes halogenated alkanes) is 1. The van der Waals surface area contributed by atoms with Crippen molar-refractivity contribution in [2.24, 2.45) is 5.41 Å². The third-order valence-electron chi connectivity index (χ3n) is 3.75. The predicted molar refractivity (Wildman–Crippen MR) is 92.2 cm³/mol. The molecule has 1 N–H and O–H groups in total. The van der Waals surface area contributed by atoms with Gasteiger partial charge in [0, 0.05) is 13.0 Å². The molecule has 0 spiro atoms. The first-order valence-electron chi connectivity index (χ1n) is 8.63. The lowest BCUT2D eigenvalue weighted by Crippen LogP contribution is -2.25. The van der Waals surface area contributed by atoms with Crippen molar-refractivity contribution in [3.05, 3.63) is 29.1 Å². The summed E-state index contributed by atoms with van der Waals surface area (Å²) < 4.78 is 45.1. The average molecular weight is 373 g/mol. The van der Waals surface area contributed by atoms with Crippen molar-refractivity contribution in [3.63, 3.8) is 0 Å². The minimum absolute atomic E-state index is 0.171. The SMILES string of the molecule is Cc1cc(F)c(F)c(OC(=O)CCC(=O)NCCCCC(C)(C)C)c1F. The normalized spacial score (nSPS) is 11.3. The molecule has 0 aromatic heterocycles. The Bertz CT molecular complexity index is 628. The van der Waals surface area contributed by atoms with Crippen LogP contribution in [-0.2, 0) is 9.59 Å². The van der Waals surface area contributed by atoms with Crippen LogP contribution in [0.5, 0.6) is 5.75 Å². The molecule has 1 amide bonds. The number of esters is 1. The molecule has 0 aliphatic carbocycles. The molecule has 0 atom stereocenters. The van der Waals surface area contributed by atoms with Crippen molar-refractivity contribution in [2.75, 3.05) is 6.54 Å². The lowest BCUT2D eigenvalue weighted by Gasteiger charge is -2.17. The lowest BCUT2D eigenvalue weighted by atomic mass is 9.90. The van der Waals surface area contributed by atoms with E-state index >= 15 is 0 Å². The van der Waals surface area contributed by atoms with Crippen LogP contribution in [0, 0.1) is 29.8 Å². The van der Waals surface area contributed by atoms with Crippen LogP contribution < -0.4 is 10.1 Å². The Labute approximate surface area is 152 Å². The minimum atomic E-state index is -1.57. The van der Waals surface area contributed by atoms with E-state index in [0.29, 0.717) is 12.6 Å². The van der Waals surface area contributed by atoms with Gasteiger partial charge < -0.3 is 10.1 Å². The van der Waals surface area contributed by atoms with Gasteiger partial charge in [0.2, 0.25) is 17.5 Å². The Hall–Kier alpha value is -2.05. The number of amides is 1. The molecular weight excluding hydrogens is 347 g/mol. The van der Waals surface area contributed by atoms with Crippen molar-refractivity contribution < 1.29 is 27.5 Å². The minimum Gasteiger partial charge on any atom is -0.420 e. The number of benzene rings is 1. The second-order valence-corrected chi connectivity index (χ2v) is 7.47. The standard InChI is InChI=1S/C19H26F3NO3/c1-12-11-13(20)17(22)18(16(12)21)26-15(25)8-7-14(24)23-10-6-5-9-19(2,3)4/h11H,5-10H2,1-4H3,(H,23,24). The van der Waals surface area contributed by atoms with Crippen molar-refractivity contribution in [2.45, 2.75) is 59.8 Å². The fourth-order valence-electron chi connectivity index (χ4n) is 2.27. The number of halogens is 3. The highest BCUT2D eigenvalue weighted by atomic mass is 19.2. The Morgan fingerprint density at radius 3 is 2.35 bits per heavy atom. The Balaban J connectivity index is 2.38. The molecule has 1 aromatic carbocycles. The monoisotopic (exact) mass is 373 g/mol. The molecule has 0 heterocycles. The largest absolute Gasteiger partial charge is 0.420 e. The number of hydrogen-bond acceptors (Lipinski definition) is 3. The smallest absolute Gasteiger partial charge is 0.311 e. The molecule has 0 saturated heterocycles. The summed E-state index contributed by atoms with van der Waals surface area (Å²) in [7, 11) is 0. The number of rotatable bonds is 8. The van der Waals surface area contributed by atoms with Crippen LogP contribution in [0.15, 0.2) is 6.07 Å². The number of aryl methyl sites for hydroxylation is 1. The maximum absolute atomic E-state index is 13.8. The molecule has 0 fully saturated rings. The van der Waals surface area contributed by atoms with E-state index in [-0.39, 0.29) is 29.7 Å².